The van der Waals surface area contributed by atoms with Gasteiger partial charge in [-0.3, -0.25) is 4.79 Å². The summed E-state index contributed by atoms with van der Waals surface area (Å²) < 4.78 is 25.8. The lowest BCUT2D eigenvalue weighted by Crippen LogP contribution is -2.39. The maximum Gasteiger partial charge on any atom is 0.238 e. The van der Waals surface area contributed by atoms with Crippen molar-refractivity contribution in [3.8, 4) is 0 Å². The Morgan fingerprint density at radius 3 is 3.00 bits per heavy atom. The summed E-state index contributed by atoms with van der Waals surface area (Å²) >= 11 is 1.70. The number of nitrogens with one attached hydrogen (secondary N) is 1. The van der Waals surface area contributed by atoms with Gasteiger partial charge in [-0.1, -0.05) is 6.07 Å². The number of rotatable bonds is 3. The van der Waals surface area contributed by atoms with Gasteiger partial charge >= 0.3 is 0 Å². The second-order valence-corrected chi connectivity index (χ2v) is 9.46. The van der Waals surface area contributed by atoms with Crippen LogP contribution in [0.5, 0.6) is 0 Å². The van der Waals surface area contributed by atoms with E-state index in [1.807, 2.05) is 17.5 Å². The fraction of sp³-hybridized carbons (Fsp3) is 0.389. The number of thiophene rings is 1. The van der Waals surface area contributed by atoms with Crippen LogP contribution in [0.3, 0.4) is 0 Å². The fourth-order valence-electron chi connectivity index (χ4n) is 3.56. The van der Waals surface area contributed by atoms with Crippen LogP contribution in [0.4, 0.5) is 5.69 Å². The molecule has 0 unspecified atom stereocenters. The molecule has 0 fully saturated rings. The maximum absolute atomic E-state index is 12.9. The summed E-state index contributed by atoms with van der Waals surface area (Å²) in [7, 11) is -3.64. The summed E-state index contributed by atoms with van der Waals surface area (Å²) in [6.07, 6.45) is 2.44. The molecular formula is C18H20N2O3S2. The van der Waals surface area contributed by atoms with Gasteiger partial charge in [0.2, 0.25) is 5.91 Å². The van der Waals surface area contributed by atoms with Crippen LogP contribution in [0, 0.1) is 0 Å². The molecule has 3 heterocycles. The Morgan fingerprint density at radius 1 is 1.24 bits per heavy atom. The molecule has 0 spiro atoms. The van der Waals surface area contributed by atoms with E-state index in [1.54, 1.807) is 28.4 Å². The molecule has 2 aliphatic heterocycles. The minimum Gasteiger partial charge on any atom is -0.385 e. The Bertz CT molecular complexity index is 918. The van der Waals surface area contributed by atoms with Gasteiger partial charge in [0, 0.05) is 30.2 Å². The average Bonchev–Trinajstić information content (AvgIpc) is 3.08. The van der Waals surface area contributed by atoms with Gasteiger partial charge in [-0.15, -0.1) is 11.3 Å². The highest BCUT2D eigenvalue weighted by Crippen LogP contribution is 2.30. The first-order chi connectivity index (χ1) is 12.0. The largest absolute Gasteiger partial charge is 0.385 e. The highest BCUT2D eigenvalue weighted by Gasteiger charge is 2.29. The lowest BCUT2D eigenvalue weighted by atomic mass is 10.0. The summed E-state index contributed by atoms with van der Waals surface area (Å²) in [5.74, 6) is -0.763. The molecule has 25 heavy (non-hydrogen) atoms. The number of sulfone groups is 1. The third-order valence-electron chi connectivity index (χ3n) is 4.86. The molecule has 0 saturated heterocycles. The molecule has 2 aromatic rings. The lowest BCUT2D eigenvalue weighted by Gasteiger charge is -2.27. The molecule has 0 aliphatic carbocycles. The second kappa shape index (κ2) is 6.46. The standard InChI is InChI=1S/C18H20N2O3S2/c21-18(20-9-6-16-13(11-20)7-10-24-16)12-25(22,23)17-5-1-4-15-14(17)3-2-8-19-15/h1,4-5,7,10,19H,2-3,6,8-9,11-12H2. The molecule has 0 radical (unpaired) electrons. The number of carbonyl (C=O) groups excluding carboxylic acids is 1. The van der Waals surface area contributed by atoms with Crippen LogP contribution in [0.1, 0.15) is 22.4 Å². The minimum atomic E-state index is -3.64. The van der Waals surface area contributed by atoms with Gasteiger partial charge in [-0.25, -0.2) is 8.42 Å². The third kappa shape index (κ3) is 3.18. The van der Waals surface area contributed by atoms with E-state index in [9.17, 15) is 13.2 Å². The Hall–Kier alpha value is -1.86. The van der Waals surface area contributed by atoms with Crippen molar-refractivity contribution >= 4 is 32.8 Å². The number of carbonyl (C=O) groups is 1. The monoisotopic (exact) mass is 376 g/mol. The Labute approximate surface area is 151 Å². The first-order valence-corrected chi connectivity index (χ1v) is 11.0. The number of amides is 1. The van der Waals surface area contributed by atoms with Crippen molar-refractivity contribution in [2.45, 2.75) is 30.7 Å². The van der Waals surface area contributed by atoms with Crippen LogP contribution in [0.2, 0.25) is 0 Å². The van der Waals surface area contributed by atoms with Gasteiger partial charge in [0.15, 0.2) is 9.84 Å². The molecule has 7 heteroatoms. The van der Waals surface area contributed by atoms with E-state index in [1.165, 1.54) is 4.88 Å². The van der Waals surface area contributed by atoms with Crippen molar-refractivity contribution < 1.29 is 13.2 Å². The first-order valence-electron chi connectivity index (χ1n) is 8.46. The van der Waals surface area contributed by atoms with Crippen LogP contribution in [-0.4, -0.2) is 38.1 Å². The fourth-order valence-corrected chi connectivity index (χ4v) is 5.99. The molecule has 1 amide bonds. The van der Waals surface area contributed by atoms with E-state index in [-0.39, 0.29) is 5.91 Å². The number of benzene rings is 1. The van der Waals surface area contributed by atoms with E-state index < -0.39 is 15.6 Å². The topological polar surface area (TPSA) is 66.5 Å². The maximum atomic E-state index is 12.9. The SMILES string of the molecule is O=C(CS(=O)(=O)c1cccc2c1CCCN2)N1CCc2sccc2C1. The number of anilines is 1. The van der Waals surface area contributed by atoms with E-state index in [0.29, 0.717) is 18.0 Å². The van der Waals surface area contributed by atoms with Gasteiger partial charge in [0.25, 0.3) is 0 Å². The first kappa shape index (κ1) is 16.6. The number of nitrogens with zero attached hydrogens (tertiary/aromatic N) is 1. The quantitative estimate of drug-likeness (QED) is 0.894. The molecule has 0 bridgehead atoms. The van der Waals surface area contributed by atoms with Crippen molar-refractivity contribution in [1.29, 1.82) is 0 Å². The van der Waals surface area contributed by atoms with Gasteiger partial charge in [0.05, 0.1) is 4.90 Å². The molecule has 0 atom stereocenters. The Balaban J connectivity index is 1.55. The average molecular weight is 377 g/mol. The minimum absolute atomic E-state index is 0.304. The van der Waals surface area contributed by atoms with Crippen molar-refractivity contribution in [2.24, 2.45) is 0 Å². The zero-order valence-corrected chi connectivity index (χ0v) is 15.5. The predicted molar refractivity (Wildman–Crippen MR) is 98.7 cm³/mol. The van der Waals surface area contributed by atoms with E-state index in [4.69, 9.17) is 0 Å². The molecular weight excluding hydrogens is 356 g/mol. The van der Waals surface area contributed by atoms with Crippen LogP contribution in [0.25, 0.3) is 0 Å². The highest BCUT2D eigenvalue weighted by molar-refractivity contribution is 7.92. The lowest BCUT2D eigenvalue weighted by molar-refractivity contribution is -0.129. The molecule has 132 valence electrons. The molecule has 0 saturated carbocycles. The molecule has 1 aromatic heterocycles. The van der Waals surface area contributed by atoms with Gasteiger partial charge in [-0.05, 0) is 54.0 Å². The van der Waals surface area contributed by atoms with Gasteiger partial charge < -0.3 is 10.2 Å². The summed E-state index contributed by atoms with van der Waals surface area (Å²) in [6, 6.07) is 7.29. The van der Waals surface area contributed by atoms with Crippen LogP contribution < -0.4 is 5.32 Å². The van der Waals surface area contributed by atoms with Gasteiger partial charge in [0.1, 0.15) is 5.75 Å². The van der Waals surface area contributed by atoms with E-state index >= 15 is 0 Å². The normalized spacial score (nSPS) is 16.7. The van der Waals surface area contributed by atoms with Crippen LogP contribution in [-0.2, 0) is 34.0 Å². The number of hydrogen-bond acceptors (Lipinski definition) is 5. The number of hydrogen-bond donors (Lipinski definition) is 1. The van der Waals surface area contributed by atoms with Crippen LogP contribution in [0.15, 0.2) is 34.5 Å². The summed E-state index contributed by atoms with van der Waals surface area (Å²) in [5, 5.41) is 5.27. The summed E-state index contributed by atoms with van der Waals surface area (Å²) in [5.41, 5.74) is 2.84. The Morgan fingerprint density at radius 2 is 2.12 bits per heavy atom. The zero-order valence-electron chi connectivity index (χ0n) is 13.8. The molecule has 1 aromatic carbocycles. The Kier molecular flexibility index (Phi) is 4.29. The number of fused-ring (bicyclic) bond motifs is 2. The zero-order chi connectivity index (χ0) is 17.4. The molecule has 2 aliphatic rings. The van der Waals surface area contributed by atoms with Crippen molar-refractivity contribution in [3.63, 3.8) is 0 Å². The van der Waals surface area contributed by atoms with Crippen molar-refractivity contribution in [2.75, 3.05) is 24.2 Å². The van der Waals surface area contributed by atoms with Crippen molar-refractivity contribution in [1.82, 2.24) is 4.90 Å². The predicted octanol–water partition coefficient (Wildman–Crippen LogP) is 2.46. The van der Waals surface area contributed by atoms with E-state index in [2.05, 4.69) is 5.32 Å². The summed E-state index contributed by atoms with van der Waals surface area (Å²) in [4.78, 5) is 15.9. The second-order valence-electron chi connectivity index (χ2n) is 6.51. The smallest absolute Gasteiger partial charge is 0.238 e. The van der Waals surface area contributed by atoms with Crippen LogP contribution >= 0.6 is 11.3 Å². The molecule has 4 rings (SSSR count). The summed E-state index contributed by atoms with van der Waals surface area (Å²) in [6.45, 7) is 1.96. The molecule has 1 N–H and O–H groups in total. The third-order valence-corrected chi connectivity index (χ3v) is 7.56. The van der Waals surface area contributed by atoms with E-state index in [0.717, 1.165) is 42.6 Å². The molecule has 5 nitrogen and oxygen atoms in total. The van der Waals surface area contributed by atoms with Gasteiger partial charge in [-0.2, -0.15) is 0 Å². The highest BCUT2D eigenvalue weighted by atomic mass is 32.2. The van der Waals surface area contributed by atoms with Crippen molar-refractivity contribution in [3.05, 3.63) is 45.6 Å².